The van der Waals surface area contributed by atoms with Gasteiger partial charge in [-0.1, -0.05) is 0 Å². The van der Waals surface area contributed by atoms with Crippen molar-refractivity contribution in [3.63, 3.8) is 0 Å². The van der Waals surface area contributed by atoms with Crippen LogP contribution in [0.1, 0.15) is 17.1 Å². The molecule has 1 amide bonds. The highest BCUT2D eigenvalue weighted by Gasteiger charge is 2.34. The Morgan fingerprint density at radius 3 is 2.65 bits per heavy atom. The zero-order chi connectivity index (χ0) is 31.5. The Morgan fingerprint density at radius 2 is 1.98 bits per heavy atom. The number of likely N-dealkylation sites (N-methyl/N-ethyl adjacent to an activating group) is 1. The minimum Gasteiger partial charge on any atom is -0.358 e. The van der Waals surface area contributed by atoms with Gasteiger partial charge in [-0.05, 0) is 46.2 Å². The average molecular weight is 599 g/mol. The van der Waals surface area contributed by atoms with Gasteiger partial charge in [-0.3, -0.25) is 9.36 Å². The Labute approximate surface area is 241 Å². The number of imidazole rings is 1. The fourth-order valence-corrected chi connectivity index (χ4v) is 4.14. The number of hydrogen-bond donors (Lipinski definition) is 2. The summed E-state index contributed by atoms with van der Waals surface area (Å²) in [7, 11) is 5.22. The Hall–Kier alpha value is -5.43. The molecule has 0 radical (unpaired) electrons. The first-order valence-corrected chi connectivity index (χ1v) is 12.4. The monoisotopic (exact) mass is 598 g/mol. The molecular formula is C27H24F4N9O3+. The minimum absolute atomic E-state index is 0.0632. The van der Waals surface area contributed by atoms with E-state index in [9.17, 15) is 32.5 Å². The van der Waals surface area contributed by atoms with Gasteiger partial charge in [0.1, 0.15) is 30.3 Å². The SMILES string of the molecule is C#Cc1nc([N+](=O)[O-])c(C[N+](C)(C)C/C=C/C(=O)Nc2cc3c(Nc4ccc(F)c(C(F)(F)F)c4)ncnc3cn2)n1C. The van der Waals surface area contributed by atoms with Crippen LogP contribution in [0.5, 0.6) is 0 Å². The predicted molar refractivity (Wildman–Crippen MR) is 148 cm³/mol. The number of aromatic nitrogens is 5. The number of nitrogens with one attached hydrogen (secondary N) is 2. The second-order valence-electron chi connectivity index (χ2n) is 9.96. The number of benzene rings is 1. The molecule has 1 aromatic carbocycles. The lowest BCUT2D eigenvalue weighted by Crippen LogP contribution is -2.39. The first-order chi connectivity index (χ1) is 20.2. The normalized spacial score (nSPS) is 12.0. The van der Waals surface area contributed by atoms with E-state index < -0.39 is 28.4 Å². The third-order valence-corrected chi connectivity index (χ3v) is 6.25. The lowest BCUT2D eigenvalue weighted by Gasteiger charge is -2.28. The molecular weight excluding hydrogens is 574 g/mol. The van der Waals surface area contributed by atoms with Crippen LogP contribution >= 0.6 is 0 Å². The van der Waals surface area contributed by atoms with Gasteiger partial charge < -0.3 is 25.2 Å². The Morgan fingerprint density at radius 1 is 1.23 bits per heavy atom. The van der Waals surface area contributed by atoms with Crippen LogP contribution in [-0.2, 0) is 24.6 Å². The fourth-order valence-electron chi connectivity index (χ4n) is 4.14. The standard InChI is InChI=1S/C27H23F4N9O3/c1-5-23-37-26(39(42)43)21(38(23)2)14-40(3,4)10-6-7-24(41)36-22-12-17-20(13-32-22)33-15-34-25(17)35-16-8-9-19(28)18(11-16)27(29,30)31/h1,6-9,11-13,15H,10,14H2,2-4H3,(H-,32,33,34,35,36,41)/p+1/b7-6+. The number of quaternary nitrogens is 1. The quantitative estimate of drug-likeness (QED) is 0.0725. The maximum atomic E-state index is 13.7. The van der Waals surface area contributed by atoms with Gasteiger partial charge in [0.05, 0.1) is 37.9 Å². The highest BCUT2D eigenvalue weighted by molar-refractivity contribution is 6.00. The molecule has 4 aromatic rings. The third-order valence-electron chi connectivity index (χ3n) is 6.25. The molecule has 12 nitrogen and oxygen atoms in total. The highest BCUT2D eigenvalue weighted by atomic mass is 19.4. The number of fused-ring (bicyclic) bond motifs is 1. The van der Waals surface area contributed by atoms with Crippen molar-refractivity contribution in [3.8, 4) is 12.3 Å². The molecule has 4 rings (SSSR count). The molecule has 0 saturated carbocycles. The summed E-state index contributed by atoms with van der Waals surface area (Å²) in [5.74, 6) is 0.385. The molecule has 3 heterocycles. The lowest BCUT2D eigenvalue weighted by molar-refractivity contribution is -0.898. The molecule has 0 aliphatic rings. The number of nitro groups is 1. The molecule has 0 unspecified atom stereocenters. The maximum absolute atomic E-state index is 13.7. The summed E-state index contributed by atoms with van der Waals surface area (Å²) in [6.45, 7) is 0.514. The Balaban J connectivity index is 1.47. The number of nitrogens with zero attached hydrogens (tertiary/aromatic N) is 7. The number of amides is 1. The number of hydrogen-bond acceptors (Lipinski definition) is 8. The average Bonchev–Trinajstić information content (AvgIpc) is 3.23. The second-order valence-corrected chi connectivity index (χ2v) is 9.96. The van der Waals surface area contributed by atoms with E-state index in [0.717, 1.165) is 6.07 Å². The van der Waals surface area contributed by atoms with Crippen LogP contribution in [0.3, 0.4) is 0 Å². The van der Waals surface area contributed by atoms with Gasteiger partial charge in [-0.15, -0.1) is 6.42 Å². The van der Waals surface area contributed by atoms with Gasteiger partial charge in [-0.2, -0.15) is 13.2 Å². The van der Waals surface area contributed by atoms with Gasteiger partial charge in [0.25, 0.3) is 5.82 Å². The summed E-state index contributed by atoms with van der Waals surface area (Å²) in [6, 6.07) is 3.88. The number of halogens is 4. The zero-order valence-electron chi connectivity index (χ0n) is 23.0. The molecule has 0 bridgehead atoms. The van der Waals surface area contributed by atoms with E-state index in [4.69, 9.17) is 6.42 Å². The summed E-state index contributed by atoms with van der Waals surface area (Å²) in [5.41, 5.74) is -0.828. The first kappa shape index (κ1) is 30.5. The molecule has 3 aromatic heterocycles. The zero-order valence-corrected chi connectivity index (χ0v) is 23.0. The Kier molecular flexibility index (Phi) is 8.39. The van der Waals surface area contributed by atoms with Gasteiger partial charge in [0, 0.05) is 24.2 Å². The maximum Gasteiger partial charge on any atom is 0.419 e. The van der Waals surface area contributed by atoms with Crippen molar-refractivity contribution in [2.45, 2.75) is 12.7 Å². The van der Waals surface area contributed by atoms with Crippen molar-refractivity contribution in [1.29, 1.82) is 0 Å². The van der Waals surface area contributed by atoms with Crippen LogP contribution in [0.2, 0.25) is 0 Å². The molecule has 222 valence electrons. The van der Waals surface area contributed by atoms with E-state index >= 15 is 0 Å². The minimum atomic E-state index is -4.89. The largest absolute Gasteiger partial charge is 0.419 e. The van der Waals surface area contributed by atoms with Crippen LogP contribution in [-0.4, -0.2) is 60.5 Å². The second kappa shape index (κ2) is 11.8. The van der Waals surface area contributed by atoms with Crippen molar-refractivity contribution in [2.24, 2.45) is 7.05 Å². The van der Waals surface area contributed by atoms with E-state index in [0.29, 0.717) is 35.3 Å². The number of terminal acetylenes is 1. The van der Waals surface area contributed by atoms with E-state index in [1.54, 1.807) is 13.1 Å². The van der Waals surface area contributed by atoms with Crippen LogP contribution < -0.4 is 10.6 Å². The number of rotatable bonds is 9. The predicted octanol–water partition coefficient (Wildman–Crippen LogP) is 4.32. The van der Waals surface area contributed by atoms with Gasteiger partial charge in [0.2, 0.25) is 5.91 Å². The summed E-state index contributed by atoms with van der Waals surface area (Å²) in [4.78, 5) is 39.6. The summed E-state index contributed by atoms with van der Waals surface area (Å²) < 4.78 is 54.8. The van der Waals surface area contributed by atoms with Crippen molar-refractivity contribution < 1.29 is 31.8 Å². The molecule has 16 heteroatoms. The van der Waals surface area contributed by atoms with E-state index in [1.807, 2.05) is 14.1 Å². The third kappa shape index (κ3) is 7.08. The summed E-state index contributed by atoms with van der Waals surface area (Å²) in [5, 5.41) is 17.1. The number of carbonyl (C=O) groups is 1. The van der Waals surface area contributed by atoms with Gasteiger partial charge in [0.15, 0.2) is 5.69 Å². The molecule has 0 saturated heterocycles. The van der Waals surface area contributed by atoms with Crippen LogP contribution in [0.25, 0.3) is 10.9 Å². The van der Waals surface area contributed by atoms with Crippen molar-refractivity contribution in [1.82, 2.24) is 24.5 Å². The molecule has 0 aliphatic heterocycles. The summed E-state index contributed by atoms with van der Waals surface area (Å²) >= 11 is 0. The van der Waals surface area contributed by atoms with Crippen LogP contribution in [0, 0.1) is 28.3 Å². The first-order valence-electron chi connectivity index (χ1n) is 12.4. The van der Waals surface area contributed by atoms with Gasteiger partial charge >= 0.3 is 12.0 Å². The van der Waals surface area contributed by atoms with Gasteiger partial charge in [-0.25, -0.2) is 19.3 Å². The van der Waals surface area contributed by atoms with Crippen molar-refractivity contribution >= 4 is 40.0 Å². The number of carbonyl (C=O) groups excluding carboxylic acids is 1. The lowest BCUT2D eigenvalue weighted by atomic mass is 10.1. The van der Waals surface area contributed by atoms with Crippen LogP contribution in [0.15, 0.2) is 48.9 Å². The smallest absolute Gasteiger partial charge is 0.358 e. The molecule has 0 spiro atoms. The summed E-state index contributed by atoms with van der Waals surface area (Å²) in [6.07, 6.45) is 5.88. The van der Waals surface area contributed by atoms with Crippen LogP contribution in [0.4, 0.5) is 40.7 Å². The van der Waals surface area contributed by atoms with Crippen molar-refractivity contribution in [3.05, 3.63) is 82.0 Å². The molecule has 43 heavy (non-hydrogen) atoms. The number of pyridine rings is 1. The van der Waals surface area contributed by atoms with Crippen molar-refractivity contribution in [2.75, 3.05) is 31.3 Å². The molecule has 0 atom stereocenters. The molecule has 0 aliphatic carbocycles. The van der Waals surface area contributed by atoms with E-state index in [1.165, 1.54) is 29.2 Å². The van der Waals surface area contributed by atoms with E-state index in [2.05, 4.69) is 36.5 Å². The highest BCUT2D eigenvalue weighted by Crippen LogP contribution is 2.34. The Bertz CT molecular complexity index is 1790. The molecule has 2 N–H and O–H groups in total. The molecule has 0 fully saturated rings. The number of alkyl halides is 3. The van der Waals surface area contributed by atoms with E-state index in [-0.39, 0.29) is 40.0 Å². The fraction of sp³-hybridized carbons (Fsp3) is 0.222. The topological polar surface area (TPSA) is 141 Å². The number of anilines is 3.